The molecule has 1 heterocycles. The molecule has 1 aromatic carbocycles. The molecule has 2 aromatic rings. The van der Waals surface area contributed by atoms with Gasteiger partial charge in [-0.15, -0.1) is 0 Å². The first-order chi connectivity index (χ1) is 9.27. The molecule has 0 radical (unpaired) electrons. The second kappa shape index (κ2) is 5.41. The van der Waals surface area contributed by atoms with E-state index in [2.05, 4.69) is 10.1 Å². The molecule has 0 aliphatic rings. The molecule has 0 aliphatic carbocycles. The zero-order valence-electron chi connectivity index (χ0n) is 11.2. The highest BCUT2D eigenvalue weighted by atomic mass is 35.7. The number of nitrogens with zero attached hydrogens (tertiary/aromatic N) is 2. The van der Waals surface area contributed by atoms with Crippen molar-refractivity contribution in [2.24, 2.45) is 0 Å². The molecule has 0 unspecified atom stereocenters. The zero-order chi connectivity index (χ0) is 14.9. The lowest BCUT2D eigenvalue weighted by atomic mass is 10.1. The number of aryl methyl sites for hydroxylation is 3. The SMILES string of the molecule is Cc1noc(COc2cc(C)c(S(=O)(=O)Cl)c(C)c2)n1. The Kier molecular flexibility index (Phi) is 4.01. The van der Waals surface area contributed by atoms with Gasteiger partial charge in [-0.3, -0.25) is 0 Å². The summed E-state index contributed by atoms with van der Waals surface area (Å²) in [7, 11) is 1.63. The van der Waals surface area contributed by atoms with Crippen molar-refractivity contribution in [1.82, 2.24) is 10.1 Å². The molecular formula is C12H13ClN2O4S. The summed E-state index contributed by atoms with van der Waals surface area (Å²) in [5.74, 6) is 1.39. The van der Waals surface area contributed by atoms with Crippen LogP contribution in [0, 0.1) is 20.8 Å². The van der Waals surface area contributed by atoms with Gasteiger partial charge in [0, 0.05) is 10.7 Å². The van der Waals surface area contributed by atoms with E-state index >= 15 is 0 Å². The summed E-state index contributed by atoms with van der Waals surface area (Å²) in [5.41, 5.74) is 1.05. The van der Waals surface area contributed by atoms with Crippen LogP contribution in [0.4, 0.5) is 0 Å². The fourth-order valence-electron chi connectivity index (χ4n) is 1.92. The lowest BCUT2D eigenvalue weighted by molar-refractivity contribution is 0.242. The molecule has 1 aromatic heterocycles. The minimum Gasteiger partial charge on any atom is -0.484 e. The number of hydrogen-bond acceptors (Lipinski definition) is 6. The molecule has 0 saturated heterocycles. The first-order valence-electron chi connectivity index (χ1n) is 5.75. The van der Waals surface area contributed by atoms with E-state index in [1.165, 1.54) is 0 Å². The van der Waals surface area contributed by atoms with Crippen molar-refractivity contribution in [3.05, 3.63) is 35.0 Å². The molecule has 6 nitrogen and oxygen atoms in total. The Morgan fingerprint density at radius 3 is 2.30 bits per heavy atom. The Bertz CT molecular complexity index is 717. The topological polar surface area (TPSA) is 82.3 Å². The number of hydrogen-bond donors (Lipinski definition) is 0. The predicted molar refractivity (Wildman–Crippen MR) is 72.3 cm³/mol. The molecule has 0 spiro atoms. The standard InChI is InChI=1S/C12H13ClN2O4S/c1-7-4-10(5-8(2)12(7)20(13,16)17)18-6-11-14-9(3)15-19-11/h4-5H,6H2,1-3H3. The van der Waals surface area contributed by atoms with E-state index in [0.29, 0.717) is 28.6 Å². The smallest absolute Gasteiger partial charge is 0.264 e. The first kappa shape index (κ1) is 14.8. The van der Waals surface area contributed by atoms with Gasteiger partial charge in [-0.1, -0.05) is 5.16 Å². The lowest BCUT2D eigenvalue weighted by Crippen LogP contribution is -2.01. The van der Waals surface area contributed by atoms with Gasteiger partial charge in [-0.05, 0) is 44.0 Å². The Hall–Kier alpha value is -1.60. The van der Waals surface area contributed by atoms with Gasteiger partial charge in [0.1, 0.15) is 5.75 Å². The Labute approximate surface area is 121 Å². The average molecular weight is 317 g/mol. The van der Waals surface area contributed by atoms with E-state index in [9.17, 15) is 8.42 Å². The fourth-order valence-corrected chi connectivity index (χ4v) is 3.54. The molecule has 0 fully saturated rings. The predicted octanol–water partition coefficient (Wildman–Crippen LogP) is 2.50. The molecular weight excluding hydrogens is 304 g/mol. The van der Waals surface area contributed by atoms with Crippen LogP contribution in [0.25, 0.3) is 0 Å². The van der Waals surface area contributed by atoms with E-state index in [4.69, 9.17) is 19.9 Å². The summed E-state index contributed by atoms with van der Waals surface area (Å²) in [6.45, 7) is 5.14. The quantitative estimate of drug-likeness (QED) is 0.806. The average Bonchev–Trinajstić information content (AvgIpc) is 2.69. The van der Waals surface area contributed by atoms with E-state index in [1.807, 2.05) is 0 Å². The van der Waals surface area contributed by atoms with Gasteiger partial charge >= 0.3 is 0 Å². The first-order valence-corrected chi connectivity index (χ1v) is 8.06. The van der Waals surface area contributed by atoms with Gasteiger partial charge in [0.05, 0.1) is 4.90 Å². The van der Waals surface area contributed by atoms with Crippen molar-refractivity contribution in [1.29, 1.82) is 0 Å². The molecule has 0 atom stereocenters. The minimum absolute atomic E-state index is 0.111. The molecule has 0 aliphatic heterocycles. The minimum atomic E-state index is -3.77. The van der Waals surface area contributed by atoms with Crippen LogP contribution in [-0.2, 0) is 15.7 Å². The Morgan fingerprint density at radius 2 is 1.85 bits per heavy atom. The maximum absolute atomic E-state index is 11.5. The number of rotatable bonds is 4. The third-order valence-electron chi connectivity index (χ3n) is 2.61. The number of benzene rings is 1. The molecule has 0 amide bonds. The largest absolute Gasteiger partial charge is 0.484 e. The van der Waals surface area contributed by atoms with Crippen LogP contribution in [0.5, 0.6) is 5.75 Å². The van der Waals surface area contributed by atoms with Crippen LogP contribution in [-0.4, -0.2) is 18.6 Å². The molecule has 8 heteroatoms. The molecule has 0 bridgehead atoms. The number of aromatic nitrogens is 2. The maximum Gasteiger partial charge on any atom is 0.264 e. The maximum atomic E-state index is 11.5. The summed E-state index contributed by atoms with van der Waals surface area (Å²) in [4.78, 5) is 4.12. The zero-order valence-corrected chi connectivity index (χ0v) is 12.7. The second-order valence-electron chi connectivity index (χ2n) is 4.35. The van der Waals surface area contributed by atoms with Crippen LogP contribution in [0.15, 0.2) is 21.6 Å². The summed E-state index contributed by atoms with van der Waals surface area (Å²) < 4.78 is 33.3. The summed E-state index contributed by atoms with van der Waals surface area (Å²) in [6, 6.07) is 3.21. The Morgan fingerprint density at radius 1 is 1.25 bits per heavy atom. The highest BCUT2D eigenvalue weighted by Gasteiger charge is 2.18. The van der Waals surface area contributed by atoms with E-state index < -0.39 is 9.05 Å². The van der Waals surface area contributed by atoms with E-state index in [1.54, 1.807) is 32.9 Å². The number of ether oxygens (including phenoxy) is 1. The van der Waals surface area contributed by atoms with Crippen LogP contribution in [0.2, 0.25) is 0 Å². The second-order valence-corrected chi connectivity index (χ2v) is 6.85. The van der Waals surface area contributed by atoms with Crippen LogP contribution < -0.4 is 4.74 Å². The molecule has 20 heavy (non-hydrogen) atoms. The highest BCUT2D eigenvalue weighted by molar-refractivity contribution is 8.13. The summed E-state index contributed by atoms with van der Waals surface area (Å²) in [5, 5.41) is 3.65. The number of halogens is 1. The lowest BCUT2D eigenvalue weighted by Gasteiger charge is -2.10. The van der Waals surface area contributed by atoms with Crippen LogP contribution >= 0.6 is 10.7 Å². The molecule has 108 valence electrons. The van der Waals surface area contributed by atoms with Gasteiger partial charge < -0.3 is 9.26 Å². The van der Waals surface area contributed by atoms with Crippen molar-refractivity contribution in [3.8, 4) is 5.75 Å². The van der Waals surface area contributed by atoms with Gasteiger partial charge in [0.15, 0.2) is 12.4 Å². The molecule has 0 saturated carbocycles. The van der Waals surface area contributed by atoms with Crippen molar-refractivity contribution in [2.45, 2.75) is 32.3 Å². The van der Waals surface area contributed by atoms with Crippen molar-refractivity contribution in [3.63, 3.8) is 0 Å². The third-order valence-corrected chi connectivity index (χ3v) is 4.20. The van der Waals surface area contributed by atoms with Gasteiger partial charge in [-0.25, -0.2) is 8.42 Å². The Balaban J connectivity index is 2.23. The highest BCUT2D eigenvalue weighted by Crippen LogP contribution is 2.28. The fraction of sp³-hybridized carbons (Fsp3) is 0.333. The third kappa shape index (κ3) is 3.29. The van der Waals surface area contributed by atoms with Crippen LogP contribution in [0.3, 0.4) is 0 Å². The summed E-state index contributed by atoms with van der Waals surface area (Å²) >= 11 is 0. The van der Waals surface area contributed by atoms with E-state index in [0.717, 1.165) is 0 Å². The van der Waals surface area contributed by atoms with E-state index in [-0.39, 0.29) is 11.5 Å². The van der Waals surface area contributed by atoms with Crippen LogP contribution in [0.1, 0.15) is 22.8 Å². The van der Waals surface area contributed by atoms with Gasteiger partial charge in [-0.2, -0.15) is 4.98 Å². The normalized spacial score (nSPS) is 11.6. The molecule has 2 rings (SSSR count). The van der Waals surface area contributed by atoms with Gasteiger partial charge in [0.25, 0.3) is 14.9 Å². The van der Waals surface area contributed by atoms with Crippen molar-refractivity contribution in [2.75, 3.05) is 0 Å². The van der Waals surface area contributed by atoms with Gasteiger partial charge in [0.2, 0.25) is 0 Å². The van der Waals surface area contributed by atoms with Crippen molar-refractivity contribution < 1.29 is 17.7 Å². The van der Waals surface area contributed by atoms with Crippen molar-refractivity contribution >= 4 is 19.7 Å². The monoisotopic (exact) mass is 316 g/mol. The summed E-state index contributed by atoms with van der Waals surface area (Å²) in [6.07, 6.45) is 0. The molecule has 0 N–H and O–H groups in total.